The number of benzene rings is 2. The first-order valence-corrected chi connectivity index (χ1v) is 22.6. The van der Waals surface area contributed by atoms with E-state index in [1.807, 2.05) is 22.8 Å². The summed E-state index contributed by atoms with van der Waals surface area (Å²) in [5.41, 5.74) is 2.29. The summed E-state index contributed by atoms with van der Waals surface area (Å²) in [5.74, 6) is 0.658. The van der Waals surface area contributed by atoms with Gasteiger partial charge in [-0.25, -0.2) is 28.4 Å². The van der Waals surface area contributed by atoms with Crippen LogP contribution in [0.5, 0.6) is 5.75 Å². The van der Waals surface area contributed by atoms with Crippen molar-refractivity contribution in [3.8, 4) is 5.75 Å². The number of hydrogen-bond donors (Lipinski definition) is 0. The zero-order valence-corrected chi connectivity index (χ0v) is 30.7. The monoisotopic (exact) mass is 699 g/mol. The maximum absolute atomic E-state index is 14.6. The average Bonchev–Trinajstić information content (AvgIpc) is 3.73. The molecular weight excluding hydrogens is 655 g/mol. The predicted octanol–water partition coefficient (Wildman–Crippen LogP) is 5.78. The topological polar surface area (TPSA) is 115 Å². The molecule has 2 aromatic carbocycles. The van der Waals surface area contributed by atoms with Gasteiger partial charge in [-0.05, 0) is 61.7 Å². The van der Waals surface area contributed by atoms with E-state index in [2.05, 4.69) is 24.5 Å². The molecule has 2 aliphatic rings. The van der Waals surface area contributed by atoms with Crippen LogP contribution in [0, 0.1) is 6.57 Å². The number of ether oxygens (including phenoxy) is 2. The molecule has 5 rings (SSSR count). The summed E-state index contributed by atoms with van der Waals surface area (Å²) in [6.07, 6.45) is 4.83. The summed E-state index contributed by atoms with van der Waals surface area (Å²) < 4.78 is 70.9. The van der Waals surface area contributed by atoms with Crippen LogP contribution < -0.4 is 4.74 Å². The lowest BCUT2D eigenvalue weighted by Gasteiger charge is -2.28. The summed E-state index contributed by atoms with van der Waals surface area (Å²) in [4.78, 5) is 8.57. The van der Waals surface area contributed by atoms with Gasteiger partial charge in [0.1, 0.15) is 12.5 Å². The standard InChI is InChI=1S/C33H45N5O6S2Si/c1-25(2)45(39,40)37-16-12-27(13-17-37)30-20-29(21-31-32(30)35-23-36(31)24-44-18-19-47(5,6)7)46(41,42)38(33(34-3)14-15-33)22-26-8-10-28(43-4)11-9-26/h8-12,20-21,23,25H,13-19,22,24H2,1-2,4-7H3. The molecule has 1 aliphatic carbocycles. The lowest BCUT2D eigenvalue weighted by Crippen LogP contribution is -2.40. The molecule has 0 amide bonds. The largest absolute Gasteiger partial charge is 0.497 e. The van der Waals surface area contributed by atoms with Gasteiger partial charge in [0.25, 0.3) is 0 Å². The number of fused-ring (bicyclic) bond motifs is 1. The van der Waals surface area contributed by atoms with Crippen LogP contribution in [0.3, 0.4) is 0 Å². The van der Waals surface area contributed by atoms with Crippen LogP contribution in [0.4, 0.5) is 0 Å². The SMILES string of the molecule is [C-]#[N+]C1(N(Cc2ccc(OC)cc2)S(=O)(=O)c2cc(C3=CCN(S(=O)(=O)C(C)C)CC3)c3ncn(COCC[Si](C)(C)C)c3c2)CC1. The second-order valence-corrected chi connectivity index (χ2v) is 23.8. The number of hydrogen-bond acceptors (Lipinski definition) is 7. The zero-order chi connectivity index (χ0) is 34.2. The molecular formula is C33H45N5O6S2Si. The minimum atomic E-state index is -4.18. The molecule has 0 saturated heterocycles. The molecule has 0 spiro atoms. The Morgan fingerprint density at radius 1 is 1.11 bits per heavy atom. The van der Waals surface area contributed by atoms with Gasteiger partial charge in [0.2, 0.25) is 20.0 Å². The van der Waals surface area contributed by atoms with Crippen molar-refractivity contribution in [1.29, 1.82) is 0 Å². The summed E-state index contributed by atoms with van der Waals surface area (Å²) in [6.45, 7) is 19.5. The second-order valence-electron chi connectivity index (χ2n) is 13.8. The van der Waals surface area contributed by atoms with Gasteiger partial charge >= 0.3 is 5.66 Å². The van der Waals surface area contributed by atoms with E-state index in [9.17, 15) is 16.8 Å². The van der Waals surface area contributed by atoms with Crippen LogP contribution in [0.15, 0.2) is 53.7 Å². The Labute approximate surface area is 280 Å². The third-order valence-corrected chi connectivity index (χ3v) is 14.7. The first-order valence-electron chi connectivity index (χ1n) is 15.9. The molecule has 1 aliphatic heterocycles. The fourth-order valence-corrected chi connectivity index (χ4v) is 9.36. The Morgan fingerprint density at radius 3 is 2.36 bits per heavy atom. The number of methoxy groups -OCH3 is 1. The highest BCUT2D eigenvalue weighted by Gasteiger charge is 2.61. The summed E-state index contributed by atoms with van der Waals surface area (Å²) in [7, 11) is -7.36. The van der Waals surface area contributed by atoms with E-state index in [1.165, 1.54) is 8.61 Å². The Bertz CT molecular complexity index is 1900. The van der Waals surface area contributed by atoms with Crippen molar-refractivity contribution in [2.24, 2.45) is 0 Å². The van der Waals surface area contributed by atoms with E-state index in [0.29, 0.717) is 48.2 Å². The highest BCUT2D eigenvalue weighted by Crippen LogP contribution is 2.47. The van der Waals surface area contributed by atoms with Gasteiger partial charge in [-0.3, -0.25) is 4.85 Å². The Hall–Kier alpha value is -3.06. The minimum Gasteiger partial charge on any atom is -0.497 e. The van der Waals surface area contributed by atoms with Crippen LogP contribution >= 0.6 is 0 Å². The van der Waals surface area contributed by atoms with Crippen LogP contribution in [-0.4, -0.2) is 80.8 Å². The van der Waals surface area contributed by atoms with Crippen LogP contribution in [0.2, 0.25) is 25.7 Å². The minimum absolute atomic E-state index is 0.0336. The maximum Gasteiger partial charge on any atom is 0.302 e. The summed E-state index contributed by atoms with van der Waals surface area (Å²) in [5, 5.41) is -0.539. The molecule has 1 saturated carbocycles. The molecule has 0 N–H and O–H groups in total. The Balaban J connectivity index is 1.58. The van der Waals surface area contributed by atoms with Gasteiger partial charge in [0, 0.05) is 39.9 Å². The number of aromatic nitrogens is 2. The molecule has 1 aromatic heterocycles. The van der Waals surface area contributed by atoms with E-state index in [4.69, 9.17) is 21.0 Å². The Kier molecular flexibility index (Phi) is 10.1. The average molecular weight is 700 g/mol. The van der Waals surface area contributed by atoms with Crippen molar-refractivity contribution in [3.05, 3.63) is 71.3 Å². The first-order chi connectivity index (χ1) is 22.1. The van der Waals surface area contributed by atoms with E-state index >= 15 is 0 Å². The molecule has 0 atom stereocenters. The van der Waals surface area contributed by atoms with E-state index < -0.39 is 39.0 Å². The summed E-state index contributed by atoms with van der Waals surface area (Å²) >= 11 is 0. The summed E-state index contributed by atoms with van der Waals surface area (Å²) in [6, 6.07) is 11.4. The van der Waals surface area contributed by atoms with Gasteiger partial charge in [-0.1, -0.05) is 37.8 Å². The lowest BCUT2D eigenvalue weighted by molar-refractivity contribution is 0.0898. The van der Waals surface area contributed by atoms with Gasteiger partial charge in [-0.2, -0.15) is 4.31 Å². The van der Waals surface area contributed by atoms with Crippen molar-refractivity contribution in [2.45, 2.75) is 87.9 Å². The predicted molar refractivity (Wildman–Crippen MR) is 186 cm³/mol. The highest BCUT2D eigenvalue weighted by atomic mass is 32.2. The third-order valence-electron chi connectivity index (χ3n) is 8.84. The molecule has 0 radical (unpaired) electrons. The third kappa shape index (κ3) is 7.50. The highest BCUT2D eigenvalue weighted by molar-refractivity contribution is 7.89. The van der Waals surface area contributed by atoms with Crippen molar-refractivity contribution >= 4 is 44.7 Å². The molecule has 2 heterocycles. The molecule has 3 aromatic rings. The van der Waals surface area contributed by atoms with Gasteiger partial charge in [-0.15, -0.1) is 4.31 Å². The van der Waals surface area contributed by atoms with Crippen LogP contribution in [-0.2, 0) is 38.1 Å². The molecule has 1 fully saturated rings. The quantitative estimate of drug-likeness (QED) is 0.119. The molecule has 0 bridgehead atoms. The number of rotatable bonds is 14. The lowest BCUT2D eigenvalue weighted by atomic mass is 9.99. The van der Waals surface area contributed by atoms with Crippen LogP contribution in [0.25, 0.3) is 21.5 Å². The second kappa shape index (κ2) is 13.4. The van der Waals surface area contributed by atoms with E-state index in [1.54, 1.807) is 51.6 Å². The zero-order valence-electron chi connectivity index (χ0n) is 28.1. The number of imidazole rings is 1. The number of sulfonamides is 2. The van der Waals surface area contributed by atoms with Crippen molar-refractivity contribution in [2.75, 3.05) is 26.8 Å². The molecule has 11 nitrogen and oxygen atoms in total. The first kappa shape index (κ1) is 35.2. The number of nitrogens with zero attached hydrogens (tertiary/aromatic N) is 5. The van der Waals surface area contributed by atoms with E-state index in [0.717, 1.165) is 17.2 Å². The molecule has 0 unspecified atom stereocenters. The van der Waals surface area contributed by atoms with Crippen LogP contribution in [0.1, 0.15) is 44.2 Å². The van der Waals surface area contributed by atoms with Gasteiger partial charge in [0.05, 0.1) is 47.5 Å². The van der Waals surface area contributed by atoms with Crippen molar-refractivity contribution in [1.82, 2.24) is 18.2 Å². The molecule has 254 valence electrons. The van der Waals surface area contributed by atoms with Gasteiger partial charge < -0.3 is 14.0 Å². The normalized spacial score (nSPS) is 17.2. The van der Waals surface area contributed by atoms with E-state index in [-0.39, 0.29) is 31.3 Å². The maximum atomic E-state index is 14.6. The Morgan fingerprint density at radius 2 is 1.81 bits per heavy atom. The fourth-order valence-electron chi connectivity index (χ4n) is 5.61. The van der Waals surface area contributed by atoms with Crippen molar-refractivity contribution < 1.29 is 26.3 Å². The van der Waals surface area contributed by atoms with Crippen molar-refractivity contribution in [3.63, 3.8) is 0 Å². The molecule has 47 heavy (non-hydrogen) atoms. The molecule has 14 heteroatoms. The van der Waals surface area contributed by atoms with Gasteiger partial charge in [0.15, 0.2) is 0 Å². The smallest absolute Gasteiger partial charge is 0.302 e. The fraction of sp³-hybridized carbons (Fsp3) is 0.515.